The fourth-order valence-electron chi connectivity index (χ4n) is 1.38. The maximum Gasteiger partial charge on any atom is 0.255 e. The second-order valence-corrected chi connectivity index (χ2v) is 4.54. The molecule has 0 aliphatic carbocycles. The first-order valence-electron chi connectivity index (χ1n) is 5.10. The van der Waals surface area contributed by atoms with Gasteiger partial charge in [0.2, 0.25) is 0 Å². The highest BCUT2D eigenvalue weighted by atomic mass is 79.9. The number of aromatic nitrogens is 4. The minimum atomic E-state index is -0.411. The second-order valence-electron chi connectivity index (χ2n) is 3.63. The Balaban J connectivity index is 2.15. The van der Waals surface area contributed by atoms with Gasteiger partial charge in [0.25, 0.3) is 5.91 Å². The van der Waals surface area contributed by atoms with Gasteiger partial charge in [-0.1, -0.05) is 21.1 Å². The zero-order chi connectivity index (χ0) is 13.1. The summed E-state index contributed by atoms with van der Waals surface area (Å²) in [4.78, 5) is 11.9. The molecule has 18 heavy (non-hydrogen) atoms. The predicted octanol–water partition coefficient (Wildman–Crippen LogP) is 1.16. The highest BCUT2D eigenvalue weighted by molar-refractivity contribution is 9.10. The number of hydrogen-bond donors (Lipinski definition) is 3. The summed E-state index contributed by atoms with van der Waals surface area (Å²) in [5.41, 5.74) is 0.180. The average molecular weight is 312 g/mol. The number of halogens is 1. The number of H-pyrrole nitrogens is 1. The lowest BCUT2D eigenvalue weighted by Crippen LogP contribution is -2.27. The summed E-state index contributed by atoms with van der Waals surface area (Å²) in [6.07, 6.45) is 0. The molecule has 0 aliphatic heterocycles. The van der Waals surface area contributed by atoms with Crippen molar-refractivity contribution in [3.8, 4) is 5.75 Å². The molecule has 7 nitrogen and oxygen atoms in total. The van der Waals surface area contributed by atoms with Gasteiger partial charge in [0, 0.05) is 4.47 Å². The Morgan fingerprint density at radius 3 is 3.00 bits per heavy atom. The van der Waals surface area contributed by atoms with Crippen LogP contribution in [0.3, 0.4) is 0 Å². The molecule has 1 unspecified atom stereocenters. The van der Waals surface area contributed by atoms with Gasteiger partial charge < -0.3 is 10.4 Å². The maximum absolute atomic E-state index is 11.9. The summed E-state index contributed by atoms with van der Waals surface area (Å²) >= 11 is 3.24. The Labute approximate surface area is 111 Å². The molecule has 0 bridgehead atoms. The first kappa shape index (κ1) is 12.5. The van der Waals surface area contributed by atoms with E-state index in [2.05, 4.69) is 41.9 Å². The number of hydrogen-bond acceptors (Lipinski definition) is 5. The number of amides is 1. The number of carbonyl (C=O) groups is 1. The van der Waals surface area contributed by atoms with Crippen molar-refractivity contribution in [2.45, 2.75) is 13.0 Å². The molecule has 0 radical (unpaired) electrons. The van der Waals surface area contributed by atoms with Gasteiger partial charge in [0.1, 0.15) is 5.75 Å². The molecule has 1 aromatic heterocycles. The highest BCUT2D eigenvalue weighted by Gasteiger charge is 2.17. The van der Waals surface area contributed by atoms with Crippen molar-refractivity contribution in [1.82, 2.24) is 25.9 Å². The van der Waals surface area contributed by atoms with Crippen LogP contribution in [0.2, 0.25) is 0 Å². The van der Waals surface area contributed by atoms with Gasteiger partial charge in [-0.15, -0.1) is 10.2 Å². The highest BCUT2D eigenvalue weighted by Crippen LogP contribution is 2.22. The molecule has 1 atom stereocenters. The van der Waals surface area contributed by atoms with Crippen LogP contribution in [0.1, 0.15) is 29.1 Å². The molecule has 94 valence electrons. The molecule has 2 aromatic rings. The van der Waals surface area contributed by atoms with Crippen molar-refractivity contribution in [2.24, 2.45) is 0 Å². The normalized spacial score (nSPS) is 12.1. The lowest BCUT2D eigenvalue weighted by Gasteiger charge is -2.11. The molecule has 3 N–H and O–H groups in total. The van der Waals surface area contributed by atoms with Crippen LogP contribution in [-0.2, 0) is 0 Å². The standard InChI is InChI=1S/C10H10BrN5O2/c1-5(9-13-15-16-14-9)12-10(18)7-4-6(11)2-3-8(7)17/h2-5,17H,1H3,(H,12,18)(H,13,14,15,16). The second kappa shape index (κ2) is 5.13. The zero-order valence-electron chi connectivity index (χ0n) is 9.38. The SMILES string of the molecule is CC(NC(=O)c1cc(Br)ccc1O)c1nn[nH]n1. The van der Waals surface area contributed by atoms with Crippen LogP contribution in [0, 0.1) is 0 Å². The van der Waals surface area contributed by atoms with Gasteiger partial charge in [0.15, 0.2) is 5.82 Å². The van der Waals surface area contributed by atoms with Gasteiger partial charge in [-0.3, -0.25) is 4.79 Å². The quantitative estimate of drug-likeness (QED) is 0.789. The minimum absolute atomic E-state index is 0.0870. The summed E-state index contributed by atoms with van der Waals surface area (Å²) in [6.45, 7) is 1.72. The molecular weight excluding hydrogens is 302 g/mol. The van der Waals surface area contributed by atoms with E-state index in [9.17, 15) is 9.90 Å². The molecule has 2 rings (SSSR count). The van der Waals surface area contributed by atoms with Crippen molar-refractivity contribution in [3.05, 3.63) is 34.1 Å². The molecule has 0 spiro atoms. The summed E-state index contributed by atoms with van der Waals surface area (Å²) < 4.78 is 0.706. The van der Waals surface area contributed by atoms with Crippen LogP contribution in [0.15, 0.2) is 22.7 Å². The van der Waals surface area contributed by atoms with Gasteiger partial charge in [-0.2, -0.15) is 5.21 Å². The lowest BCUT2D eigenvalue weighted by atomic mass is 10.1. The van der Waals surface area contributed by atoms with E-state index in [1.165, 1.54) is 12.1 Å². The van der Waals surface area contributed by atoms with E-state index in [4.69, 9.17) is 0 Å². The Morgan fingerprint density at radius 2 is 2.33 bits per heavy atom. The molecule has 0 aliphatic rings. The number of rotatable bonds is 3. The lowest BCUT2D eigenvalue weighted by molar-refractivity contribution is 0.0935. The number of phenols is 1. The summed E-state index contributed by atoms with van der Waals surface area (Å²) in [5.74, 6) is -0.125. The fraction of sp³-hybridized carbons (Fsp3) is 0.200. The van der Waals surface area contributed by atoms with E-state index in [1.807, 2.05) is 0 Å². The van der Waals surface area contributed by atoms with Gasteiger partial charge in [-0.05, 0) is 25.1 Å². The van der Waals surface area contributed by atoms with Crippen LogP contribution in [0.4, 0.5) is 0 Å². The van der Waals surface area contributed by atoms with Crippen LogP contribution < -0.4 is 5.32 Å². The number of nitrogens with zero attached hydrogens (tertiary/aromatic N) is 3. The number of nitrogens with one attached hydrogen (secondary N) is 2. The van der Waals surface area contributed by atoms with Crippen molar-refractivity contribution in [1.29, 1.82) is 0 Å². The minimum Gasteiger partial charge on any atom is -0.507 e. The van der Waals surface area contributed by atoms with E-state index < -0.39 is 11.9 Å². The van der Waals surface area contributed by atoms with E-state index in [1.54, 1.807) is 13.0 Å². The van der Waals surface area contributed by atoms with Crippen molar-refractivity contribution in [2.75, 3.05) is 0 Å². The Kier molecular flexibility index (Phi) is 3.56. The topological polar surface area (TPSA) is 104 Å². The molecule has 0 fully saturated rings. The molecular formula is C10H10BrN5O2. The molecule has 0 saturated heterocycles. The van der Waals surface area contributed by atoms with Gasteiger partial charge in [0.05, 0.1) is 11.6 Å². The third-order valence-electron chi connectivity index (χ3n) is 2.30. The Bertz CT molecular complexity index is 557. The largest absolute Gasteiger partial charge is 0.507 e. The summed E-state index contributed by atoms with van der Waals surface area (Å²) in [6, 6.07) is 4.22. The van der Waals surface area contributed by atoms with Crippen molar-refractivity contribution < 1.29 is 9.90 Å². The number of tetrazole rings is 1. The molecule has 0 saturated carbocycles. The first-order chi connectivity index (χ1) is 8.58. The smallest absolute Gasteiger partial charge is 0.255 e. The van der Waals surface area contributed by atoms with E-state index >= 15 is 0 Å². The van der Waals surface area contributed by atoms with Crippen LogP contribution in [0.5, 0.6) is 5.75 Å². The monoisotopic (exact) mass is 311 g/mol. The van der Waals surface area contributed by atoms with E-state index in [0.29, 0.717) is 10.3 Å². The predicted molar refractivity (Wildman–Crippen MR) is 65.9 cm³/mol. The van der Waals surface area contributed by atoms with Crippen molar-refractivity contribution >= 4 is 21.8 Å². The van der Waals surface area contributed by atoms with Gasteiger partial charge >= 0.3 is 0 Å². The molecule has 8 heteroatoms. The van der Waals surface area contributed by atoms with Crippen molar-refractivity contribution in [3.63, 3.8) is 0 Å². The Hall–Kier alpha value is -1.96. The molecule has 1 aromatic carbocycles. The number of benzene rings is 1. The summed E-state index contributed by atoms with van der Waals surface area (Å²) in [5, 5.41) is 25.5. The third-order valence-corrected chi connectivity index (χ3v) is 2.79. The molecule has 1 heterocycles. The van der Waals surface area contributed by atoms with Gasteiger partial charge in [-0.25, -0.2) is 0 Å². The first-order valence-corrected chi connectivity index (χ1v) is 5.90. The fourth-order valence-corrected chi connectivity index (χ4v) is 1.74. The number of carbonyl (C=O) groups excluding carboxylic acids is 1. The Morgan fingerprint density at radius 1 is 1.56 bits per heavy atom. The van der Waals surface area contributed by atoms with Crippen LogP contribution in [0.25, 0.3) is 0 Å². The van der Waals surface area contributed by atoms with E-state index in [0.717, 1.165) is 0 Å². The number of phenolic OH excluding ortho intramolecular Hbond substituents is 1. The number of aromatic hydroxyl groups is 1. The van der Waals surface area contributed by atoms with Crippen LogP contribution in [-0.4, -0.2) is 31.6 Å². The number of aromatic amines is 1. The summed E-state index contributed by atoms with van der Waals surface area (Å²) in [7, 11) is 0. The zero-order valence-corrected chi connectivity index (χ0v) is 11.0. The third kappa shape index (κ3) is 2.65. The molecule has 1 amide bonds. The van der Waals surface area contributed by atoms with Crippen LogP contribution >= 0.6 is 15.9 Å². The average Bonchev–Trinajstić information content (AvgIpc) is 2.85. The van der Waals surface area contributed by atoms with E-state index in [-0.39, 0.29) is 11.3 Å². The maximum atomic E-state index is 11.9.